The van der Waals surface area contributed by atoms with Crippen molar-refractivity contribution in [1.82, 2.24) is 15.2 Å². The van der Waals surface area contributed by atoms with Gasteiger partial charge in [-0.2, -0.15) is 0 Å². The van der Waals surface area contributed by atoms with Crippen LogP contribution in [0, 0.1) is 0 Å². The summed E-state index contributed by atoms with van der Waals surface area (Å²) in [6.45, 7) is 3.82. The molecule has 1 aliphatic rings. The Labute approximate surface area is 137 Å². The van der Waals surface area contributed by atoms with Crippen molar-refractivity contribution < 1.29 is 4.79 Å². The van der Waals surface area contributed by atoms with Crippen LogP contribution in [-0.4, -0.2) is 28.4 Å². The largest absolute Gasteiger partial charge is 0.348 e. The van der Waals surface area contributed by atoms with E-state index in [0.717, 1.165) is 31.5 Å². The van der Waals surface area contributed by atoms with Crippen LogP contribution < -0.4 is 5.32 Å². The minimum Gasteiger partial charge on any atom is -0.348 e. The second kappa shape index (κ2) is 7.38. The molecule has 1 fully saturated rings. The number of aromatic nitrogens is 1. The number of likely N-dealkylation sites (tertiary alicyclic amines) is 1. The van der Waals surface area contributed by atoms with Gasteiger partial charge in [0.2, 0.25) is 5.91 Å². The first kappa shape index (κ1) is 15.7. The SMILES string of the molecule is C[C@@H](NC(=O)[C@@H]1CCCN1Cc1ccccc1)c1cccnc1. The normalized spacial score (nSPS) is 19.4. The minimum atomic E-state index is -0.0330. The zero-order chi connectivity index (χ0) is 16.1. The molecule has 2 atom stereocenters. The quantitative estimate of drug-likeness (QED) is 0.923. The number of pyridine rings is 1. The summed E-state index contributed by atoms with van der Waals surface area (Å²) in [5, 5.41) is 3.13. The fourth-order valence-electron chi connectivity index (χ4n) is 3.16. The van der Waals surface area contributed by atoms with Crippen LogP contribution in [0.15, 0.2) is 54.9 Å². The lowest BCUT2D eigenvalue weighted by atomic mass is 10.1. The van der Waals surface area contributed by atoms with E-state index in [0.29, 0.717) is 0 Å². The van der Waals surface area contributed by atoms with Gasteiger partial charge in [0, 0.05) is 18.9 Å². The van der Waals surface area contributed by atoms with Crippen LogP contribution in [0.25, 0.3) is 0 Å². The van der Waals surface area contributed by atoms with Crippen molar-refractivity contribution in [2.24, 2.45) is 0 Å². The highest BCUT2D eigenvalue weighted by molar-refractivity contribution is 5.82. The van der Waals surface area contributed by atoms with E-state index in [1.807, 2.05) is 37.3 Å². The molecule has 2 heterocycles. The zero-order valence-corrected chi connectivity index (χ0v) is 13.5. The van der Waals surface area contributed by atoms with E-state index in [1.54, 1.807) is 12.4 Å². The Morgan fingerprint density at radius 3 is 2.87 bits per heavy atom. The van der Waals surface area contributed by atoms with E-state index >= 15 is 0 Å². The monoisotopic (exact) mass is 309 g/mol. The van der Waals surface area contributed by atoms with Gasteiger partial charge in [-0.3, -0.25) is 14.7 Å². The van der Waals surface area contributed by atoms with Gasteiger partial charge in [-0.25, -0.2) is 0 Å². The van der Waals surface area contributed by atoms with Crippen molar-refractivity contribution in [2.75, 3.05) is 6.54 Å². The third kappa shape index (κ3) is 3.96. The molecule has 1 amide bonds. The molecule has 4 heteroatoms. The molecule has 4 nitrogen and oxygen atoms in total. The van der Waals surface area contributed by atoms with Crippen LogP contribution in [0.1, 0.15) is 36.9 Å². The molecule has 0 spiro atoms. The van der Waals surface area contributed by atoms with E-state index in [9.17, 15) is 4.79 Å². The molecule has 0 unspecified atom stereocenters. The maximum Gasteiger partial charge on any atom is 0.237 e. The Balaban J connectivity index is 1.62. The van der Waals surface area contributed by atoms with E-state index in [-0.39, 0.29) is 18.0 Å². The molecule has 0 aliphatic carbocycles. The Bertz CT molecular complexity index is 630. The molecular formula is C19H23N3O. The molecular weight excluding hydrogens is 286 g/mol. The fraction of sp³-hybridized carbons (Fsp3) is 0.368. The summed E-state index contributed by atoms with van der Waals surface area (Å²) in [6.07, 6.45) is 5.56. The van der Waals surface area contributed by atoms with Gasteiger partial charge in [0.05, 0.1) is 12.1 Å². The van der Waals surface area contributed by atoms with Crippen LogP contribution >= 0.6 is 0 Å². The molecule has 23 heavy (non-hydrogen) atoms. The summed E-state index contributed by atoms with van der Waals surface area (Å²) >= 11 is 0. The summed E-state index contributed by atoms with van der Waals surface area (Å²) < 4.78 is 0. The van der Waals surface area contributed by atoms with Crippen LogP contribution in [0.2, 0.25) is 0 Å². The zero-order valence-electron chi connectivity index (χ0n) is 13.5. The molecule has 1 aromatic heterocycles. The van der Waals surface area contributed by atoms with Gasteiger partial charge in [0.15, 0.2) is 0 Å². The summed E-state index contributed by atoms with van der Waals surface area (Å²) in [5.41, 5.74) is 2.29. The Kier molecular flexibility index (Phi) is 5.03. The van der Waals surface area contributed by atoms with Gasteiger partial charge < -0.3 is 5.32 Å². The number of hydrogen-bond donors (Lipinski definition) is 1. The molecule has 1 aliphatic heterocycles. The van der Waals surface area contributed by atoms with Crippen LogP contribution in [-0.2, 0) is 11.3 Å². The standard InChI is InChI=1S/C19H23N3O/c1-15(17-9-5-11-20-13-17)21-19(23)18-10-6-12-22(18)14-16-7-3-2-4-8-16/h2-5,7-9,11,13,15,18H,6,10,12,14H2,1H3,(H,21,23)/t15-,18+/m1/s1. The van der Waals surface area contributed by atoms with Gasteiger partial charge in [0.1, 0.15) is 0 Å². The van der Waals surface area contributed by atoms with Gasteiger partial charge in [0.25, 0.3) is 0 Å². The first-order valence-electron chi connectivity index (χ1n) is 8.22. The fourth-order valence-corrected chi connectivity index (χ4v) is 3.16. The van der Waals surface area contributed by atoms with E-state index < -0.39 is 0 Å². The Morgan fingerprint density at radius 2 is 2.13 bits per heavy atom. The molecule has 2 aromatic rings. The first-order chi connectivity index (χ1) is 11.2. The van der Waals surface area contributed by atoms with Gasteiger partial charge >= 0.3 is 0 Å². The Morgan fingerprint density at radius 1 is 1.30 bits per heavy atom. The van der Waals surface area contributed by atoms with Crippen molar-refractivity contribution in [3.05, 3.63) is 66.0 Å². The number of carbonyl (C=O) groups excluding carboxylic acids is 1. The van der Waals surface area contributed by atoms with Crippen LogP contribution in [0.5, 0.6) is 0 Å². The lowest BCUT2D eigenvalue weighted by molar-refractivity contribution is -0.126. The molecule has 1 saturated heterocycles. The third-order valence-electron chi connectivity index (χ3n) is 4.44. The average Bonchev–Trinajstić information content (AvgIpc) is 3.05. The number of benzene rings is 1. The predicted octanol–water partition coefficient (Wildman–Crippen LogP) is 2.92. The first-order valence-corrected chi connectivity index (χ1v) is 8.22. The molecule has 1 N–H and O–H groups in total. The number of nitrogens with one attached hydrogen (secondary N) is 1. The van der Waals surface area contributed by atoms with Crippen molar-refractivity contribution in [1.29, 1.82) is 0 Å². The highest BCUT2D eigenvalue weighted by Gasteiger charge is 2.31. The van der Waals surface area contributed by atoms with E-state index in [2.05, 4.69) is 27.3 Å². The highest BCUT2D eigenvalue weighted by Crippen LogP contribution is 2.21. The molecule has 1 aromatic carbocycles. The minimum absolute atomic E-state index is 0.0182. The lowest BCUT2D eigenvalue weighted by Gasteiger charge is -2.25. The molecule has 3 rings (SSSR count). The second-order valence-corrected chi connectivity index (χ2v) is 6.13. The van der Waals surface area contributed by atoms with Crippen molar-refractivity contribution in [2.45, 2.75) is 38.4 Å². The van der Waals surface area contributed by atoms with E-state index in [4.69, 9.17) is 0 Å². The van der Waals surface area contributed by atoms with E-state index in [1.165, 1.54) is 5.56 Å². The maximum absolute atomic E-state index is 12.7. The second-order valence-electron chi connectivity index (χ2n) is 6.13. The number of rotatable bonds is 5. The number of hydrogen-bond acceptors (Lipinski definition) is 3. The molecule has 0 saturated carbocycles. The van der Waals surface area contributed by atoms with Crippen molar-refractivity contribution in [3.63, 3.8) is 0 Å². The predicted molar refractivity (Wildman–Crippen MR) is 90.7 cm³/mol. The van der Waals surface area contributed by atoms with Crippen LogP contribution in [0.3, 0.4) is 0 Å². The summed E-state index contributed by atoms with van der Waals surface area (Å²) in [5.74, 6) is 0.120. The topological polar surface area (TPSA) is 45.2 Å². The summed E-state index contributed by atoms with van der Waals surface area (Å²) in [6, 6.07) is 14.2. The number of nitrogens with zero attached hydrogens (tertiary/aromatic N) is 2. The number of carbonyl (C=O) groups is 1. The molecule has 0 radical (unpaired) electrons. The Hall–Kier alpha value is -2.20. The maximum atomic E-state index is 12.7. The lowest BCUT2D eigenvalue weighted by Crippen LogP contribution is -2.43. The summed E-state index contributed by atoms with van der Waals surface area (Å²) in [7, 11) is 0. The van der Waals surface area contributed by atoms with Gasteiger partial charge in [-0.15, -0.1) is 0 Å². The summed E-state index contributed by atoms with van der Waals surface area (Å²) in [4.78, 5) is 19.1. The van der Waals surface area contributed by atoms with Crippen molar-refractivity contribution >= 4 is 5.91 Å². The van der Waals surface area contributed by atoms with Crippen molar-refractivity contribution in [3.8, 4) is 0 Å². The number of amides is 1. The highest BCUT2D eigenvalue weighted by atomic mass is 16.2. The van der Waals surface area contributed by atoms with Gasteiger partial charge in [-0.05, 0) is 43.5 Å². The average molecular weight is 309 g/mol. The smallest absolute Gasteiger partial charge is 0.237 e. The van der Waals surface area contributed by atoms with Gasteiger partial charge in [-0.1, -0.05) is 36.4 Å². The molecule has 0 bridgehead atoms. The van der Waals surface area contributed by atoms with Crippen LogP contribution in [0.4, 0.5) is 0 Å². The third-order valence-corrected chi connectivity index (χ3v) is 4.44. The molecule has 120 valence electrons.